The molecule has 3 rings (SSSR count). The fourth-order valence-electron chi connectivity index (χ4n) is 3.40. The molecule has 1 aromatic heterocycles. The van der Waals surface area contributed by atoms with E-state index >= 15 is 0 Å². The van der Waals surface area contributed by atoms with E-state index in [2.05, 4.69) is 10.3 Å². The zero-order chi connectivity index (χ0) is 21.9. The second kappa shape index (κ2) is 9.16. The number of benzene rings is 2. The Bertz CT molecular complexity index is 1170. The van der Waals surface area contributed by atoms with Gasteiger partial charge in [-0.15, -0.1) is 0 Å². The summed E-state index contributed by atoms with van der Waals surface area (Å²) in [5.74, 6) is 0.645. The second-order valence-electron chi connectivity index (χ2n) is 7.22. The maximum atomic E-state index is 12.5. The zero-order valence-corrected chi connectivity index (χ0v) is 18.5. The van der Waals surface area contributed by atoms with Crippen LogP contribution < -0.4 is 10.5 Å². The molecule has 0 spiro atoms. The van der Waals surface area contributed by atoms with E-state index in [4.69, 9.17) is 16.7 Å². The minimum atomic E-state index is -3.80. The summed E-state index contributed by atoms with van der Waals surface area (Å²) in [7, 11) is -3.80. The Labute approximate surface area is 181 Å². The molecular weight excluding hydrogens is 424 g/mol. The van der Waals surface area contributed by atoms with Crippen molar-refractivity contribution < 1.29 is 13.2 Å². The summed E-state index contributed by atoms with van der Waals surface area (Å²) >= 11 is 6.02. The molecule has 7 nitrogen and oxygen atoms in total. The summed E-state index contributed by atoms with van der Waals surface area (Å²) in [4.78, 5) is 17.1. The third-order valence-electron chi connectivity index (χ3n) is 4.88. The van der Waals surface area contributed by atoms with Crippen molar-refractivity contribution >= 4 is 38.6 Å². The number of aryl methyl sites for hydroxylation is 2. The van der Waals surface area contributed by atoms with E-state index in [0.29, 0.717) is 17.0 Å². The highest BCUT2D eigenvalue weighted by molar-refractivity contribution is 7.89. The van der Waals surface area contributed by atoms with E-state index in [1.165, 1.54) is 12.1 Å². The first-order valence-corrected chi connectivity index (χ1v) is 11.7. The lowest BCUT2D eigenvalue weighted by molar-refractivity contribution is -0.121. The van der Waals surface area contributed by atoms with Crippen molar-refractivity contribution in [2.75, 3.05) is 0 Å². The monoisotopic (exact) mass is 448 g/mol. The number of fused-ring (bicyclic) bond motifs is 1. The maximum absolute atomic E-state index is 12.5. The predicted octanol–water partition coefficient (Wildman–Crippen LogP) is 3.56. The van der Waals surface area contributed by atoms with Gasteiger partial charge in [-0.05, 0) is 49.2 Å². The molecule has 0 saturated heterocycles. The fourth-order valence-corrected chi connectivity index (χ4v) is 4.13. The number of carbonyl (C=O) groups excluding carboxylic acids is 1. The lowest BCUT2D eigenvalue weighted by atomic mass is 10.1. The van der Waals surface area contributed by atoms with Crippen molar-refractivity contribution in [1.82, 2.24) is 14.9 Å². The molecule has 0 bridgehead atoms. The number of hydrogen-bond donors (Lipinski definition) is 2. The highest BCUT2D eigenvalue weighted by atomic mass is 35.5. The maximum Gasteiger partial charge on any atom is 0.238 e. The molecule has 0 saturated carbocycles. The van der Waals surface area contributed by atoms with Gasteiger partial charge < -0.3 is 9.88 Å². The molecule has 3 aromatic rings. The molecular formula is C21H25ClN4O3S. The van der Waals surface area contributed by atoms with Crippen LogP contribution in [0, 0.1) is 0 Å². The van der Waals surface area contributed by atoms with Crippen LogP contribution >= 0.6 is 11.6 Å². The average Bonchev–Trinajstić information content (AvgIpc) is 3.03. The topological polar surface area (TPSA) is 107 Å². The molecule has 0 radical (unpaired) electrons. The highest BCUT2D eigenvalue weighted by Crippen LogP contribution is 2.22. The minimum absolute atomic E-state index is 0.0239. The van der Waals surface area contributed by atoms with E-state index in [0.717, 1.165) is 29.9 Å². The minimum Gasteiger partial charge on any atom is -0.350 e. The van der Waals surface area contributed by atoms with E-state index in [9.17, 15) is 13.2 Å². The normalized spacial score (nSPS) is 12.8. The molecule has 1 atom stereocenters. The van der Waals surface area contributed by atoms with Gasteiger partial charge >= 0.3 is 0 Å². The van der Waals surface area contributed by atoms with Gasteiger partial charge in [0.2, 0.25) is 15.9 Å². The fraction of sp³-hybridized carbons (Fsp3) is 0.333. The van der Waals surface area contributed by atoms with Crippen LogP contribution in [-0.4, -0.2) is 23.9 Å². The van der Waals surface area contributed by atoms with Crippen LogP contribution in [-0.2, 0) is 27.8 Å². The second-order valence-corrected chi connectivity index (χ2v) is 9.22. The van der Waals surface area contributed by atoms with Gasteiger partial charge in [0.1, 0.15) is 5.82 Å². The molecule has 2 aromatic carbocycles. The standard InChI is InChI=1S/C21H25ClN4O3S/c1-3-11-26-19-8-7-17(30(23,28)29)13-18(19)25-20(26)9-10-21(27)24-14(2)15-5-4-6-16(22)12-15/h4-8,12-14H,3,9-11H2,1-2H3,(H,24,27)(H2,23,28,29). The smallest absolute Gasteiger partial charge is 0.238 e. The van der Waals surface area contributed by atoms with Crippen LogP contribution in [0.15, 0.2) is 47.4 Å². The first-order valence-electron chi connectivity index (χ1n) is 9.76. The first kappa shape index (κ1) is 22.3. The molecule has 3 N–H and O–H groups in total. The number of amides is 1. The van der Waals surface area contributed by atoms with Crippen LogP contribution in [0.5, 0.6) is 0 Å². The Balaban J connectivity index is 1.75. The van der Waals surface area contributed by atoms with Gasteiger partial charge in [0, 0.05) is 24.4 Å². The van der Waals surface area contributed by atoms with Crippen molar-refractivity contribution in [1.29, 1.82) is 0 Å². The Kier molecular flexibility index (Phi) is 6.80. The number of nitrogens with zero attached hydrogens (tertiary/aromatic N) is 2. The number of hydrogen-bond acceptors (Lipinski definition) is 4. The average molecular weight is 449 g/mol. The van der Waals surface area contributed by atoms with Crippen LogP contribution in [0.1, 0.15) is 44.1 Å². The number of sulfonamides is 1. The molecule has 0 aliphatic carbocycles. The third-order valence-corrected chi connectivity index (χ3v) is 6.02. The Hall–Kier alpha value is -2.42. The third kappa shape index (κ3) is 5.19. The van der Waals surface area contributed by atoms with Crippen LogP contribution in [0.2, 0.25) is 5.02 Å². The van der Waals surface area contributed by atoms with Crippen molar-refractivity contribution in [3.05, 3.63) is 58.9 Å². The summed E-state index contributed by atoms with van der Waals surface area (Å²) in [6, 6.07) is 11.9. The first-order chi connectivity index (χ1) is 14.2. The molecule has 30 heavy (non-hydrogen) atoms. The van der Waals surface area contributed by atoms with E-state index < -0.39 is 10.0 Å². The Morgan fingerprint density at radius 2 is 2.03 bits per heavy atom. The van der Waals surface area contributed by atoms with Gasteiger partial charge in [-0.1, -0.05) is 30.7 Å². The zero-order valence-electron chi connectivity index (χ0n) is 16.9. The summed E-state index contributed by atoms with van der Waals surface area (Å²) < 4.78 is 25.3. The summed E-state index contributed by atoms with van der Waals surface area (Å²) in [6.07, 6.45) is 1.58. The van der Waals surface area contributed by atoms with Gasteiger partial charge in [0.25, 0.3) is 0 Å². The van der Waals surface area contributed by atoms with Crippen LogP contribution in [0.3, 0.4) is 0 Å². The lowest BCUT2D eigenvalue weighted by Crippen LogP contribution is -2.27. The molecule has 1 amide bonds. The van der Waals surface area contributed by atoms with Crippen molar-refractivity contribution in [2.45, 2.75) is 50.6 Å². The molecule has 1 unspecified atom stereocenters. The largest absolute Gasteiger partial charge is 0.350 e. The number of halogens is 1. The van der Waals surface area contributed by atoms with Crippen LogP contribution in [0.4, 0.5) is 0 Å². The van der Waals surface area contributed by atoms with E-state index in [-0.39, 0.29) is 23.3 Å². The summed E-state index contributed by atoms with van der Waals surface area (Å²) in [5, 5.41) is 8.83. The number of carbonyl (C=O) groups is 1. The summed E-state index contributed by atoms with van der Waals surface area (Å²) in [6.45, 7) is 4.68. The molecule has 0 aliphatic heterocycles. The van der Waals surface area contributed by atoms with Crippen molar-refractivity contribution in [3.63, 3.8) is 0 Å². The quantitative estimate of drug-likeness (QED) is 0.549. The number of rotatable bonds is 8. The van der Waals surface area contributed by atoms with Gasteiger partial charge in [-0.25, -0.2) is 18.5 Å². The molecule has 1 heterocycles. The van der Waals surface area contributed by atoms with Gasteiger partial charge in [-0.3, -0.25) is 4.79 Å². The number of nitrogens with two attached hydrogens (primary N) is 1. The Morgan fingerprint density at radius 1 is 1.27 bits per heavy atom. The SMILES string of the molecule is CCCn1c(CCC(=O)NC(C)c2cccc(Cl)c2)nc2cc(S(N)(=O)=O)ccc21. The van der Waals surface area contributed by atoms with Gasteiger partial charge in [-0.2, -0.15) is 0 Å². The number of imidazole rings is 1. The van der Waals surface area contributed by atoms with E-state index in [1.54, 1.807) is 12.1 Å². The molecule has 0 fully saturated rings. The highest BCUT2D eigenvalue weighted by Gasteiger charge is 2.16. The predicted molar refractivity (Wildman–Crippen MR) is 118 cm³/mol. The molecule has 0 aliphatic rings. The number of primary sulfonamides is 1. The van der Waals surface area contributed by atoms with Gasteiger partial charge in [0.15, 0.2) is 0 Å². The molecule has 160 valence electrons. The van der Waals surface area contributed by atoms with E-state index in [1.807, 2.05) is 36.6 Å². The number of nitrogens with one attached hydrogen (secondary N) is 1. The summed E-state index contributed by atoms with van der Waals surface area (Å²) in [5.41, 5.74) is 2.31. The van der Waals surface area contributed by atoms with Gasteiger partial charge in [0.05, 0.1) is 22.0 Å². The van der Waals surface area contributed by atoms with Crippen LogP contribution in [0.25, 0.3) is 11.0 Å². The lowest BCUT2D eigenvalue weighted by Gasteiger charge is -2.15. The van der Waals surface area contributed by atoms with Crippen molar-refractivity contribution in [3.8, 4) is 0 Å². The van der Waals surface area contributed by atoms with Crippen molar-refractivity contribution in [2.24, 2.45) is 5.14 Å². The Morgan fingerprint density at radius 3 is 2.70 bits per heavy atom. The molecule has 9 heteroatoms. The number of aromatic nitrogens is 2.